The van der Waals surface area contributed by atoms with Gasteiger partial charge < -0.3 is 15.8 Å². The smallest absolute Gasteiger partial charge is 0.165 e. The second-order valence-corrected chi connectivity index (χ2v) is 4.13. The Hall–Kier alpha value is -1.94. The Morgan fingerprint density at radius 3 is 2.78 bits per heavy atom. The van der Waals surface area contributed by atoms with E-state index in [4.69, 9.17) is 22.1 Å². The molecule has 3 N–H and O–H groups in total. The van der Waals surface area contributed by atoms with Crippen LogP contribution in [0.25, 0.3) is 0 Å². The van der Waals surface area contributed by atoms with Crippen molar-refractivity contribution in [3.63, 3.8) is 0 Å². The summed E-state index contributed by atoms with van der Waals surface area (Å²) in [5.41, 5.74) is 7.16. The molecular formula is C13H12ClFN2O. The van der Waals surface area contributed by atoms with Gasteiger partial charge in [0.2, 0.25) is 0 Å². The summed E-state index contributed by atoms with van der Waals surface area (Å²) in [6, 6.07) is 9.83. The van der Waals surface area contributed by atoms with Gasteiger partial charge in [-0.25, -0.2) is 4.39 Å². The SMILES string of the molecule is COc1cc(N)cc(Nc2cccc(Cl)c2F)c1. The first-order valence-corrected chi connectivity index (χ1v) is 5.63. The molecule has 0 bridgehead atoms. The van der Waals surface area contributed by atoms with E-state index in [1.165, 1.54) is 6.07 Å². The first kappa shape index (κ1) is 12.5. The third kappa shape index (κ3) is 2.65. The second-order valence-electron chi connectivity index (χ2n) is 3.72. The van der Waals surface area contributed by atoms with Gasteiger partial charge in [0.15, 0.2) is 5.82 Å². The summed E-state index contributed by atoms with van der Waals surface area (Å²) < 4.78 is 18.8. The van der Waals surface area contributed by atoms with Gasteiger partial charge in [-0.2, -0.15) is 0 Å². The van der Waals surface area contributed by atoms with Crippen LogP contribution in [0, 0.1) is 5.82 Å². The van der Waals surface area contributed by atoms with Crippen LogP contribution in [-0.2, 0) is 0 Å². The van der Waals surface area contributed by atoms with Crippen LogP contribution in [0.3, 0.4) is 0 Å². The number of ether oxygens (including phenoxy) is 1. The van der Waals surface area contributed by atoms with Gasteiger partial charge in [0, 0.05) is 23.5 Å². The molecule has 0 saturated carbocycles. The average Bonchev–Trinajstić information content (AvgIpc) is 2.34. The third-order valence-electron chi connectivity index (χ3n) is 2.40. The van der Waals surface area contributed by atoms with Crippen molar-refractivity contribution in [3.05, 3.63) is 47.2 Å². The Balaban J connectivity index is 2.34. The van der Waals surface area contributed by atoms with Gasteiger partial charge in [-0.15, -0.1) is 0 Å². The van der Waals surface area contributed by atoms with Crippen LogP contribution in [-0.4, -0.2) is 7.11 Å². The first-order chi connectivity index (χ1) is 8.60. The highest BCUT2D eigenvalue weighted by Gasteiger charge is 2.07. The summed E-state index contributed by atoms with van der Waals surface area (Å²) in [6.07, 6.45) is 0. The normalized spacial score (nSPS) is 10.2. The van der Waals surface area contributed by atoms with Crippen molar-refractivity contribution in [2.45, 2.75) is 0 Å². The highest BCUT2D eigenvalue weighted by atomic mass is 35.5. The van der Waals surface area contributed by atoms with Crippen LogP contribution in [0.4, 0.5) is 21.5 Å². The number of hydrogen-bond acceptors (Lipinski definition) is 3. The van der Waals surface area contributed by atoms with Crippen molar-refractivity contribution in [2.75, 3.05) is 18.2 Å². The van der Waals surface area contributed by atoms with Crippen LogP contribution >= 0.6 is 11.6 Å². The molecule has 0 spiro atoms. The molecule has 0 amide bonds. The second kappa shape index (κ2) is 5.14. The van der Waals surface area contributed by atoms with Gasteiger partial charge in [-0.1, -0.05) is 17.7 Å². The van der Waals surface area contributed by atoms with Crippen LogP contribution in [0.5, 0.6) is 5.75 Å². The van der Waals surface area contributed by atoms with E-state index in [0.717, 1.165) is 0 Å². The molecule has 2 aromatic rings. The minimum Gasteiger partial charge on any atom is -0.497 e. The Morgan fingerprint density at radius 2 is 2.06 bits per heavy atom. The maximum Gasteiger partial charge on any atom is 0.165 e. The topological polar surface area (TPSA) is 47.3 Å². The van der Waals surface area contributed by atoms with Gasteiger partial charge >= 0.3 is 0 Å². The lowest BCUT2D eigenvalue weighted by Crippen LogP contribution is -1.96. The van der Waals surface area contributed by atoms with E-state index >= 15 is 0 Å². The number of anilines is 3. The zero-order chi connectivity index (χ0) is 13.1. The minimum atomic E-state index is -0.499. The lowest BCUT2D eigenvalue weighted by Gasteiger charge is -2.10. The van der Waals surface area contributed by atoms with Crippen molar-refractivity contribution < 1.29 is 9.13 Å². The summed E-state index contributed by atoms with van der Waals surface area (Å²) in [6.45, 7) is 0. The van der Waals surface area contributed by atoms with E-state index in [-0.39, 0.29) is 10.7 Å². The van der Waals surface area contributed by atoms with Gasteiger partial charge in [0.05, 0.1) is 17.8 Å². The molecule has 0 radical (unpaired) electrons. The van der Waals surface area contributed by atoms with Crippen molar-refractivity contribution in [1.29, 1.82) is 0 Å². The molecular weight excluding hydrogens is 255 g/mol. The van der Waals surface area contributed by atoms with Crippen molar-refractivity contribution >= 4 is 28.7 Å². The Labute approximate surface area is 109 Å². The summed E-state index contributed by atoms with van der Waals surface area (Å²) in [5.74, 6) is 0.0977. The summed E-state index contributed by atoms with van der Waals surface area (Å²) in [4.78, 5) is 0. The van der Waals surface area contributed by atoms with E-state index in [2.05, 4.69) is 5.32 Å². The fourth-order valence-corrected chi connectivity index (χ4v) is 1.74. The average molecular weight is 267 g/mol. The zero-order valence-corrected chi connectivity index (χ0v) is 10.5. The minimum absolute atomic E-state index is 0.0656. The van der Waals surface area contributed by atoms with Gasteiger partial charge in [-0.3, -0.25) is 0 Å². The molecule has 0 aliphatic carbocycles. The Morgan fingerprint density at radius 1 is 1.28 bits per heavy atom. The Kier molecular flexibility index (Phi) is 3.58. The number of nitrogens with two attached hydrogens (primary N) is 1. The number of rotatable bonds is 3. The monoisotopic (exact) mass is 266 g/mol. The van der Waals surface area contributed by atoms with Gasteiger partial charge in [0.1, 0.15) is 5.75 Å². The first-order valence-electron chi connectivity index (χ1n) is 5.26. The van der Waals surface area contributed by atoms with E-state index in [1.54, 1.807) is 37.4 Å². The Bertz CT molecular complexity index is 575. The predicted octanol–water partition coefficient (Wildman–Crippen LogP) is 3.81. The molecule has 0 aromatic heterocycles. The third-order valence-corrected chi connectivity index (χ3v) is 2.69. The molecule has 0 saturated heterocycles. The van der Waals surface area contributed by atoms with Crippen LogP contribution in [0.1, 0.15) is 0 Å². The molecule has 0 heterocycles. The van der Waals surface area contributed by atoms with E-state index in [9.17, 15) is 4.39 Å². The van der Waals surface area contributed by atoms with Gasteiger partial charge in [-0.05, 0) is 18.2 Å². The number of hydrogen-bond donors (Lipinski definition) is 2. The van der Waals surface area contributed by atoms with Crippen LogP contribution in [0.15, 0.2) is 36.4 Å². The van der Waals surface area contributed by atoms with Crippen molar-refractivity contribution in [1.82, 2.24) is 0 Å². The molecule has 0 atom stereocenters. The largest absolute Gasteiger partial charge is 0.497 e. The fraction of sp³-hybridized carbons (Fsp3) is 0.0769. The number of halogens is 2. The zero-order valence-electron chi connectivity index (χ0n) is 9.71. The highest BCUT2D eigenvalue weighted by Crippen LogP contribution is 2.28. The lowest BCUT2D eigenvalue weighted by molar-refractivity contribution is 0.415. The molecule has 2 aromatic carbocycles. The number of benzene rings is 2. The summed E-state index contributed by atoms with van der Waals surface area (Å²) >= 11 is 5.71. The number of nitrogens with one attached hydrogen (secondary N) is 1. The fourth-order valence-electron chi connectivity index (χ4n) is 1.57. The quantitative estimate of drug-likeness (QED) is 0.831. The molecule has 0 aliphatic heterocycles. The molecule has 2 rings (SSSR count). The molecule has 5 heteroatoms. The van der Waals surface area contributed by atoms with Crippen molar-refractivity contribution in [3.8, 4) is 5.75 Å². The van der Waals surface area contributed by atoms with Crippen LogP contribution in [0.2, 0.25) is 5.02 Å². The molecule has 0 unspecified atom stereocenters. The number of nitrogen functional groups attached to an aromatic ring is 1. The van der Waals surface area contributed by atoms with E-state index in [1.807, 2.05) is 0 Å². The maximum absolute atomic E-state index is 13.7. The van der Waals surface area contributed by atoms with Crippen LogP contribution < -0.4 is 15.8 Å². The molecule has 3 nitrogen and oxygen atoms in total. The summed E-state index contributed by atoms with van der Waals surface area (Å²) in [5, 5.41) is 2.97. The summed E-state index contributed by atoms with van der Waals surface area (Å²) in [7, 11) is 1.54. The molecule has 94 valence electrons. The van der Waals surface area contributed by atoms with Gasteiger partial charge in [0.25, 0.3) is 0 Å². The van der Waals surface area contributed by atoms with E-state index < -0.39 is 5.82 Å². The van der Waals surface area contributed by atoms with Crippen molar-refractivity contribution in [2.24, 2.45) is 0 Å². The van der Waals surface area contributed by atoms with E-state index in [0.29, 0.717) is 17.1 Å². The lowest BCUT2D eigenvalue weighted by atomic mass is 10.2. The predicted molar refractivity (Wildman–Crippen MR) is 72.1 cm³/mol. The molecule has 18 heavy (non-hydrogen) atoms. The molecule has 0 fully saturated rings. The molecule has 0 aliphatic rings. The standard InChI is InChI=1S/C13H12ClFN2O/c1-18-10-6-8(16)5-9(7-10)17-12-4-2-3-11(14)13(12)15/h2-7,17H,16H2,1H3. The maximum atomic E-state index is 13.7. The number of methoxy groups -OCH3 is 1. The highest BCUT2D eigenvalue weighted by molar-refractivity contribution is 6.31.